The van der Waals surface area contributed by atoms with E-state index in [9.17, 15) is 17.6 Å². The Labute approximate surface area is 165 Å². The minimum absolute atomic E-state index is 0.0202. The summed E-state index contributed by atoms with van der Waals surface area (Å²) >= 11 is 0. The Morgan fingerprint density at radius 1 is 1.07 bits per heavy atom. The predicted octanol–water partition coefficient (Wildman–Crippen LogP) is 3.78. The van der Waals surface area contributed by atoms with Gasteiger partial charge in [0.1, 0.15) is 12.4 Å². The van der Waals surface area contributed by atoms with Gasteiger partial charge in [0.05, 0.1) is 10.6 Å². The van der Waals surface area contributed by atoms with Crippen molar-refractivity contribution in [3.63, 3.8) is 0 Å². The van der Waals surface area contributed by atoms with Crippen molar-refractivity contribution in [1.82, 2.24) is 5.32 Å². The molecule has 1 aliphatic rings. The minimum Gasteiger partial charge on any atom is -0.352 e. The summed E-state index contributed by atoms with van der Waals surface area (Å²) in [7, 11) is -4.10. The molecule has 150 valence electrons. The molecule has 28 heavy (non-hydrogen) atoms. The van der Waals surface area contributed by atoms with Crippen LogP contribution in [-0.4, -0.2) is 26.9 Å². The third kappa shape index (κ3) is 4.70. The van der Waals surface area contributed by atoms with Crippen molar-refractivity contribution in [1.29, 1.82) is 0 Å². The van der Waals surface area contributed by atoms with Crippen LogP contribution in [0.3, 0.4) is 0 Å². The molecule has 0 bridgehead atoms. The molecule has 0 radical (unpaired) electrons. The monoisotopic (exact) mass is 404 g/mol. The van der Waals surface area contributed by atoms with E-state index in [4.69, 9.17) is 0 Å². The van der Waals surface area contributed by atoms with Gasteiger partial charge in [0, 0.05) is 6.04 Å². The summed E-state index contributed by atoms with van der Waals surface area (Å²) in [4.78, 5) is 12.6. The number of nitrogens with zero attached hydrogens (tertiary/aromatic N) is 1. The summed E-state index contributed by atoms with van der Waals surface area (Å²) in [6.45, 7) is 1.39. The molecule has 3 rings (SSSR count). The average Bonchev–Trinajstić information content (AvgIpc) is 2.68. The molecule has 1 saturated carbocycles. The van der Waals surface area contributed by atoms with E-state index in [1.165, 1.54) is 30.3 Å². The average molecular weight is 405 g/mol. The molecule has 1 amide bonds. The van der Waals surface area contributed by atoms with Gasteiger partial charge in [-0.15, -0.1) is 0 Å². The minimum atomic E-state index is -4.10. The number of carbonyl (C=O) groups excluding carboxylic acids is 1. The predicted molar refractivity (Wildman–Crippen MR) is 107 cm³/mol. The first-order chi connectivity index (χ1) is 13.4. The van der Waals surface area contributed by atoms with E-state index in [2.05, 4.69) is 5.32 Å². The largest absolute Gasteiger partial charge is 0.352 e. The Bertz CT molecular complexity index is 923. The zero-order valence-corrected chi connectivity index (χ0v) is 16.7. The van der Waals surface area contributed by atoms with Gasteiger partial charge in [0.2, 0.25) is 5.91 Å². The highest BCUT2D eigenvalue weighted by atomic mass is 32.2. The molecule has 1 fully saturated rings. The quantitative estimate of drug-likeness (QED) is 0.797. The van der Waals surface area contributed by atoms with Crippen molar-refractivity contribution in [2.45, 2.75) is 50.0 Å². The van der Waals surface area contributed by atoms with Crippen molar-refractivity contribution in [3.8, 4) is 0 Å². The first-order valence-electron chi connectivity index (χ1n) is 9.51. The van der Waals surface area contributed by atoms with Gasteiger partial charge >= 0.3 is 0 Å². The van der Waals surface area contributed by atoms with Gasteiger partial charge in [0.25, 0.3) is 10.0 Å². The Balaban J connectivity index is 1.90. The third-order valence-corrected chi connectivity index (χ3v) is 6.76. The van der Waals surface area contributed by atoms with Crippen molar-refractivity contribution < 1.29 is 17.6 Å². The number of anilines is 1. The molecule has 0 aliphatic heterocycles. The number of aryl methyl sites for hydroxylation is 1. The van der Waals surface area contributed by atoms with Crippen molar-refractivity contribution in [2.75, 3.05) is 10.8 Å². The van der Waals surface area contributed by atoms with E-state index in [0.29, 0.717) is 0 Å². The van der Waals surface area contributed by atoms with Crippen LogP contribution in [0.15, 0.2) is 53.4 Å². The smallest absolute Gasteiger partial charge is 0.264 e. The molecule has 0 aromatic heterocycles. The van der Waals surface area contributed by atoms with Crippen LogP contribution in [0.25, 0.3) is 0 Å². The number of halogens is 1. The van der Waals surface area contributed by atoms with Crippen LogP contribution >= 0.6 is 0 Å². The third-order valence-electron chi connectivity index (χ3n) is 4.99. The lowest BCUT2D eigenvalue weighted by Gasteiger charge is -2.27. The lowest BCUT2D eigenvalue weighted by atomic mass is 9.95. The fourth-order valence-corrected chi connectivity index (χ4v) is 4.87. The number of benzene rings is 2. The van der Waals surface area contributed by atoms with E-state index < -0.39 is 28.3 Å². The molecular formula is C21H25FN2O3S. The number of amides is 1. The van der Waals surface area contributed by atoms with Gasteiger partial charge in [0.15, 0.2) is 0 Å². The summed E-state index contributed by atoms with van der Waals surface area (Å²) in [6, 6.07) is 11.9. The zero-order chi connectivity index (χ0) is 20.1. The highest BCUT2D eigenvalue weighted by molar-refractivity contribution is 7.92. The number of hydrogen-bond donors (Lipinski definition) is 1. The molecule has 1 aliphatic carbocycles. The lowest BCUT2D eigenvalue weighted by Crippen LogP contribution is -2.45. The Kier molecular flexibility index (Phi) is 6.34. The van der Waals surface area contributed by atoms with Crippen LogP contribution in [0.2, 0.25) is 0 Å². The topological polar surface area (TPSA) is 66.5 Å². The molecule has 0 unspecified atom stereocenters. The number of nitrogens with one attached hydrogen (secondary N) is 1. The number of hydrogen-bond acceptors (Lipinski definition) is 3. The molecule has 2 aromatic carbocycles. The molecule has 5 nitrogen and oxygen atoms in total. The standard InChI is InChI=1S/C21H25FN2O3S/c1-16-11-13-18(14-12-16)28(26,27)24(20-10-6-5-9-19(20)22)15-21(25)23-17-7-3-2-4-8-17/h5-6,9-14,17H,2-4,7-8,15H2,1H3,(H,23,25). The Hall–Kier alpha value is -2.41. The zero-order valence-electron chi connectivity index (χ0n) is 15.9. The first kappa shape index (κ1) is 20.3. The van der Waals surface area contributed by atoms with Gasteiger partial charge < -0.3 is 5.32 Å². The number of rotatable bonds is 6. The highest BCUT2D eigenvalue weighted by Gasteiger charge is 2.29. The molecule has 0 atom stereocenters. The van der Waals surface area contributed by atoms with Gasteiger partial charge in [-0.05, 0) is 44.0 Å². The number of carbonyl (C=O) groups is 1. The maximum atomic E-state index is 14.4. The van der Waals surface area contributed by atoms with Crippen molar-refractivity contribution in [2.24, 2.45) is 0 Å². The fraction of sp³-hybridized carbons (Fsp3) is 0.381. The van der Waals surface area contributed by atoms with Gasteiger partial charge in [-0.1, -0.05) is 49.1 Å². The van der Waals surface area contributed by atoms with Crippen LogP contribution in [0, 0.1) is 12.7 Å². The fourth-order valence-electron chi connectivity index (χ4n) is 3.44. The molecule has 1 N–H and O–H groups in total. The van der Waals surface area contributed by atoms with Crippen LogP contribution in [-0.2, 0) is 14.8 Å². The van der Waals surface area contributed by atoms with E-state index in [0.717, 1.165) is 42.0 Å². The lowest BCUT2D eigenvalue weighted by molar-refractivity contribution is -0.120. The Morgan fingerprint density at radius 3 is 2.36 bits per heavy atom. The van der Waals surface area contributed by atoms with E-state index >= 15 is 0 Å². The van der Waals surface area contributed by atoms with E-state index in [-0.39, 0.29) is 16.6 Å². The van der Waals surface area contributed by atoms with Crippen molar-refractivity contribution in [3.05, 3.63) is 59.9 Å². The molecule has 7 heteroatoms. The van der Waals surface area contributed by atoms with Crippen LogP contribution in [0.1, 0.15) is 37.7 Å². The summed E-state index contributed by atoms with van der Waals surface area (Å²) in [6.07, 6.45) is 5.01. The normalized spacial score (nSPS) is 15.2. The second kappa shape index (κ2) is 8.73. The highest BCUT2D eigenvalue weighted by Crippen LogP contribution is 2.26. The Morgan fingerprint density at radius 2 is 1.71 bits per heavy atom. The maximum absolute atomic E-state index is 14.4. The van der Waals surface area contributed by atoms with Crippen LogP contribution in [0.5, 0.6) is 0 Å². The molecule has 2 aromatic rings. The summed E-state index contributed by atoms with van der Waals surface area (Å²) in [5, 5.41) is 2.90. The number of para-hydroxylation sites is 1. The molecule has 0 spiro atoms. The first-order valence-corrected chi connectivity index (χ1v) is 11.0. The van der Waals surface area contributed by atoms with E-state index in [1.54, 1.807) is 18.2 Å². The molecule has 0 saturated heterocycles. The second-order valence-electron chi connectivity index (χ2n) is 7.18. The SMILES string of the molecule is Cc1ccc(S(=O)(=O)N(CC(=O)NC2CCCCC2)c2ccccc2F)cc1. The van der Waals surface area contributed by atoms with Gasteiger partial charge in [-0.3, -0.25) is 9.10 Å². The van der Waals surface area contributed by atoms with Crippen LogP contribution < -0.4 is 9.62 Å². The van der Waals surface area contributed by atoms with E-state index in [1.807, 2.05) is 6.92 Å². The summed E-state index contributed by atoms with van der Waals surface area (Å²) < 4.78 is 41.7. The van der Waals surface area contributed by atoms with Gasteiger partial charge in [-0.25, -0.2) is 12.8 Å². The summed E-state index contributed by atoms with van der Waals surface area (Å²) in [5.74, 6) is -1.12. The summed E-state index contributed by atoms with van der Waals surface area (Å²) in [5.41, 5.74) is 0.772. The maximum Gasteiger partial charge on any atom is 0.264 e. The van der Waals surface area contributed by atoms with Crippen molar-refractivity contribution >= 4 is 21.6 Å². The second-order valence-corrected chi connectivity index (χ2v) is 9.04. The van der Waals surface area contributed by atoms with Crippen LogP contribution in [0.4, 0.5) is 10.1 Å². The molecular weight excluding hydrogens is 379 g/mol. The van der Waals surface area contributed by atoms with Gasteiger partial charge in [-0.2, -0.15) is 0 Å². The number of sulfonamides is 1. The molecule has 0 heterocycles.